The Labute approximate surface area is 132 Å². The van der Waals surface area contributed by atoms with E-state index in [9.17, 15) is 0 Å². The van der Waals surface area contributed by atoms with Crippen LogP contribution in [0.1, 0.15) is 39.7 Å². The molecule has 1 aromatic rings. The molecule has 0 spiro atoms. The molecule has 0 N–H and O–H groups in total. The summed E-state index contributed by atoms with van der Waals surface area (Å²) in [6, 6.07) is 8.10. The topological polar surface area (TPSA) is 67.2 Å². The maximum Gasteiger partial charge on any atom is 0.494 e. The number of rotatable bonds is 5. The maximum absolute atomic E-state index is 8.23. The minimum atomic E-state index is -0.346. The van der Waals surface area contributed by atoms with Gasteiger partial charge in [0.1, 0.15) is 0 Å². The maximum atomic E-state index is 8.23. The Balaban J connectivity index is 2.08. The standard InChI is InChI=1S/C16H22BN3O2/c1-15(2)16(3,4)22-17(21-15)14-10-7-9-13(12-14)8-5-6-11-19-20-18/h5,7-10,12H,6,11H2,1-4H3. The Morgan fingerprint density at radius 1 is 1.23 bits per heavy atom. The minimum absolute atomic E-state index is 0.335. The summed E-state index contributed by atoms with van der Waals surface area (Å²) >= 11 is 0. The molecule has 22 heavy (non-hydrogen) atoms. The molecule has 0 radical (unpaired) electrons. The van der Waals surface area contributed by atoms with Crippen molar-refractivity contribution in [2.45, 2.75) is 45.3 Å². The lowest BCUT2D eigenvalue weighted by Crippen LogP contribution is -2.41. The van der Waals surface area contributed by atoms with Gasteiger partial charge in [0.05, 0.1) is 11.2 Å². The van der Waals surface area contributed by atoms with Crippen LogP contribution >= 0.6 is 0 Å². The average molecular weight is 299 g/mol. The molecule has 0 amide bonds. The van der Waals surface area contributed by atoms with E-state index in [2.05, 4.69) is 16.1 Å². The van der Waals surface area contributed by atoms with Crippen molar-refractivity contribution in [2.75, 3.05) is 6.54 Å². The van der Waals surface area contributed by atoms with Crippen molar-refractivity contribution < 1.29 is 9.31 Å². The van der Waals surface area contributed by atoms with Gasteiger partial charge < -0.3 is 9.31 Å². The summed E-state index contributed by atoms with van der Waals surface area (Å²) < 4.78 is 12.1. The molecule has 0 saturated carbocycles. The van der Waals surface area contributed by atoms with Gasteiger partial charge in [-0.1, -0.05) is 41.5 Å². The van der Waals surface area contributed by atoms with Gasteiger partial charge >= 0.3 is 7.12 Å². The van der Waals surface area contributed by atoms with Crippen LogP contribution in [0.25, 0.3) is 16.5 Å². The lowest BCUT2D eigenvalue weighted by molar-refractivity contribution is 0.00578. The SMILES string of the molecule is CC1(C)OB(c2cccc(C=CCCN=[N+]=[N-])c2)OC1(C)C. The third kappa shape index (κ3) is 3.71. The normalized spacial score (nSPS) is 19.4. The van der Waals surface area contributed by atoms with Crippen molar-refractivity contribution in [1.82, 2.24) is 0 Å². The Hall–Kier alpha value is -1.75. The molecule has 1 aromatic carbocycles. The van der Waals surface area contributed by atoms with Gasteiger partial charge in [-0.3, -0.25) is 0 Å². The quantitative estimate of drug-likeness (QED) is 0.273. The molecule has 0 unspecified atom stereocenters. The van der Waals surface area contributed by atoms with E-state index in [4.69, 9.17) is 14.8 Å². The largest absolute Gasteiger partial charge is 0.494 e. The molecule has 1 saturated heterocycles. The summed E-state index contributed by atoms with van der Waals surface area (Å²) in [5, 5.41) is 3.50. The highest BCUT2D eigenvalue weighted by molar-refractivity contribution is 6.62. The molecular weight excluding hydrogens is 277 g/mol. The first-order valence-electron chi connectivity index (χ1n) is 7.49. The minimum Gasteiger partial charge on any atom is -0.399 e. The van der Waals surface area contributed by atoms with E-state index in [0.717, 1.165) is 17.4 Å². The summed E-state index contributed by atoms with van der Waals surface area (Å²) in [5.74, 6) is 0. The van der Waals surface area contributed by atoms with Gasteiger partial charge in [0.2, 0.25) is 0 Å². The van der Waals surface area contributed by atoms with E-state index >= 15 is 0 Å². The smallest absolute Gasteiger partial charge is 0.399 e. The summed E-state index contributed by atoms with van der Waals surface area (Å²) in [7, 11) is -0.346. The number of azide groups is 1. The second kappa shape index (κ2) is 6.57. The van der Waals surface area contributed by atoms with Crippen molar-refractivity contribution in [3.8, 4) is 0 Å². The summed E-state index contributed by atoms with van der Waals surface area (Å²) in [6.45, 7) is 8.67. The van der Waals surface area contributed by atoms with Gasteiger partial charge in [0, 0.05) is 11.5 Å². The third-order valence-electron chi connectivity index (χ3n) is 4.21. The van der Waals surface area contributed by atoms with E-state index in [1.807, 2.05) is 58.0 Å². The van der Waals surface area contributed by atoms with Crippen LogP contribution in [-0.2, 0) is 9.31 Å². The molecule has 1 aliphatic rings. The molecular formula is C16H22BN3O2. The van der Waals surface area contributed by atoms with Crippen LogP contribution in [-0.4, -0.2) is 24.9 Å². The summed E-state index contributed by atoms with van der Waals surface area (Å²) in [6.07, 6.45) is 4.74. The van der Waals surface area contributed by atoms with E-state index in [1.54, 1.807) is 0 Å². The van der Waals surface area contributed by atoms with Crippen LogP contribution < -0.4 is 5.46 Å². The number of nitrogens with zero attached hydrogens (tertiary/aromatic N) is 3. The molecule has 5 nitrogen and oxygen atoms in total. The van der Waals surface area contributed by atoms with Gasteiger partial charge in [-0.2, -0.15) is 0 Å². The molecule has 1 aliphatic heterocycles. The molecule has 0 aromatic heterocycles. The zero-order chi connectivity index (χ0) is 16.2. The molecule has 2 rings (SSSR count). The van der Waals surface area contributed by atoms with Crippen LogP contribution in [0.2, 0.25) is 0 Å². The number of benzene rings is 1. The van der Waals surface area contributed by atoms with Crippen LogP contribution in [0.5, 0.6) is 0 Å². The Morgan fingerprint density at radius 3 is 2.55 bits per heavy atom. The zero-order valence-electron chi connectivity index (χ0n) is 13.6. The second-order valence-electron chi connectivity index (χ2n) is 6.40. The third-order valence-corrected chi connectivity index (χ3v) is 4.21. The van der Waals surface area contributed by atoms with Crippen LogP contribution in [0.3, 0.4) is 0 Å². The fraction of sp³-hybridized carbons (Fsp3) is 0.500. The van der Waals surface area contributed by atoms with Crippen LogP contribution in [0.4, 0.5) is 0 Å². The van der Waals surface area contributed by atoms with E-state index in [1.165, 1.54) is 0 Å². The van der Waals surface area contributed by atoms with Crippen LogP contribution in [0, 0.1) is 0 Å². The highest BCUT2D eigenvalue weighted by Crippen LogP contribution is 2.36. The predicted octanol–water partition coefficient (Wildman–Crippen LogP) is 3.70. The first-order valence-corrected chi connectivity index (χ1v) is 7.49. The molecule has 1 fully saturated rings. The Bertz CT molecular complexity index is 591. The van der Waals surface area contributed by atoms with E-state index in [-0.39, 0.29) is 18.3 Å². The first kappa shape index (κ1) is 16.6. The van der Waals surface area contributed by atoms with Crippen molar-refractivity contribution in [1.29, 1.82) is 0 Å². The molecule has 116 valence electrons. The average Bonchev–Trinajstić information content (AvgIpc) is 2.68. The van der Waals surface area contributed by atoms with Gasteiger partial charge in [-0.05, 0) is 50.7 Å². The molecule has 0 bridgehead atoms. The fourth-order valence-electron chi connectivity index (χ4n) is 2.18. The van der Waals surface area contributed by atoms with Gasteiger partial charge in [-0.25, -0.2) is 0 Å². The highest BCUT2D eigenvalue weighted by atomic mass is 16.7. The van der Waals surface area contributed by atoms with Crippen molar-refractivity contribution in [3.05, 3.63) is 46.3 Å². The number of hydrogen-bond acceptors (Lipinski definition) is 3. The molecule has 1 heterocycles. The predicted molar refractivity (Wildman–Crippen MR) is 89.8 cm³/mol. The van der Waals surface area contributed by atoms with Gasteiger partial charge in [-0.15, -0.1) is 0 Å². The van der Waals surface area contributed by atoms with E-state index < -0.39 is 0 Å². The lowest BCUT2D eigenvalue weighted by Gasteiger charge is -2.32. The molecule has 6 heteroatoms. The molecule has 0 aliphatic carbocycles. The van der Waals surface area contributed by atoms with E-state index in [0.29, 0.717) is 6.54 Å². The fourth-order valence-corrected chi connectivity index (χ4v) is 2.18. The summed E-state index contributed by atoms with van der Waals surface area (Å²) in [5.41, 5.74) is 9.65. The van der Waals surface area contributed by atoms with Crippen LogP contribution in [0.15, 0.2) is 35.5 Å². The van der Waals surface area contributed by atoms with Crippen molar-refractivity contribution in [3.63, 3.8) is 0 Å². The lowest BCUT2D eigenvalue weighted by atomic mass is 9.78. The number of hydrogen-bond donors (Lipinski definition) is 0. The molecule has 0 atom stereocenters. The van der Waals surface area contributed by atoms with Gasteiger partial charge in [0.25, 0.3) is 0 Å². The highest BCUT2D eigenvalue weighted by Gasteiger charge is 2.51. The second-order valence-corrected chi connectivity index (χ2v) is 6.40. The van der Waals surface area contributed by atoms with Crippen molar-refractivity contribution >= 4 is 18.7 Å². The van der Waals surface area contributed by atoms with Crippen molar-refractivity contribution in [2.24, 2.45) is 5.11 Å². The Morgan fingerprint density at radius 2 is 1.91 bits per heavy atom. The zero-order valence-corrected chi connectivity index (χ0v) is 13.6. The monoisotopic (exact) mass is 299 g/mol. The van der Waals surface area contributed by atoms with Gasteiger partial charge in [0.15, 0.2) is 0 Å². The Kier molecular flexibility index (Phi) is 4.96. The first-order chi connectivity index (χ1) is 10.4. The summed E-state index contributed by atoms with van der Waals surface area (Å²) in [4.78, 5) is 2.73.